The van der Waals surface area contributed by atoms with Gasteiger partial charge in [0.05, 0.1) is 12.3 Å². The van der Waals surface area contributed by atoms with E-state index in [0.717, 1.165) is 10.6 Å². The molecule has 1 N–H and O–H groups in total. The van der Waals surface area contributed by atoms with Crippen LogP contribution in [0.3, 0.4) is 0 Å². The summed E-state index contributed by atoms with van der Waals surface area (Å²) in [5.74, 6) is -1.56. The SMILES string of the molecule is CS(=O)(=O)N1CC[C@@H](Nc2ncc(C(F)(F)F)c(OCC3(C(F)(F)F)CCC3)n2)[C@H](F)C1. The highest BCUT2D eigenvalue weighted by atomic mass is 32.2. The first-order valence-corrected chi connectivity index (χ1v) is 11.5. The third-order valence-corrected chi connectivity index (χ3v) is 7.01. The Morgan fingerprint density at radius 3 is 2.38 bits per heavy atom. The number of nitrogens with one attached hydrogen (secondary N) is 1. The van der Waals surface area contributed by atoms with Gasteiger partial charge in [0.25, 0.3) is 0 Å². The molecule has 0 spiro atoms. The van der Waals surface area contributed by atoms with E-state index in [2.05, 4.69) is 15.3 Å². The average Bonchev–Trinajstić information content (AvgIpc) is 2.59. The molecule has 2 aliphatic rings. The molecule has 3 rings (SSSR count). The molecule has 0 amide bonds. The predicted molar refractivity (Wildman–Crippen MR) is 98.2 cm³/mol. The van der Waals surface area contributed by atoms with E-state index in [-0.39, 0.29) is 32.2 Å². The number of aromatic nitrogens is 2. The van der Waals surface area contributed by atoms with Gasteiger partial charge in [0, 0.05) is 19.3 Å². The maximum atomic E-state index is 14.4. The third kappa shape index (κ3) is 5.18. The number of piperidine rings is 1. The standard InChI is InChI=1S/C17H21F7N4O3S/c1-32(29,30)28-6-3-12(11(18)8-28)26-14-25-7-10(16(19,20)21)13(27-14)31-9-15(4-2-5-15)17(22,23)24/h7,11-12H,2-6,8-9H2,1H3,(H,25,26,27)/t11-,12-/m1/s1. The monoisotopic (exact) mass is 494 g/mol. The molecule has 1 aromatic rings. The fourth-order valence-corrected chi connectivity index (χ4v) is 4.42. The Labute approximate surface area is 179 Å². The minimum Gasteiger partial charge on any atom is -0.476 e. The molecule has 1 aromatic heterocycles. The quantitative estimate of drug-likeness (QED) is 0.611. The van der Waals surface area contributed by atoms with Crippen LogP contribution in [-0.2, 0) is 16.2 Å². The summed E-state index contributed by atoms with van der Waals surface area (Å²) in [4.78, 5) is 7.04. The van der Waals surface area contributed by atoms with Crippen LogP contribution in [0.5, 0.6) is 5.88 Å². The summed E-state index contributed by atoms with van der Waals surface area (Å²) in [6.45, 7) is -1.53. The number of hydrogen-bond acceptors (Lipinski definition) is 6. The van der Waals surface area contributed by atoms with Crippen molar-refractivity contribution in [1.29, 1.82) is 0 Å². The topological polar surface area (TPSA) is 84.4 Å². The fourth-order valence-electron chi connectivity index (χ4n) is 3.57. The number of nitrogens with zero attached hydrogens (tertiary/aromatic N) is 3. The number of anilines is 1. The van der Waals surface area contributed by atoms with E-state index < -0.39 is 70.5 Å². The lowest BCUT2D eigenvalue weighted by atomic mass is 9.69. The Morgan fingerprint density at radius 1 is 1.25 bits per heavy atom. The molecule has 2 atom stereocenters. The second-order valence-corrected chi connectivity index (χ2v) is 9.99. The van der Waals surface area contributed by atoms with Gasteiger partial charge in [0.2, 0.25) is 21.9 Å². The van der Waals surface area contributed by atoms with E-state index in [4.69, 9.17) is 4.74 Å². The lowest BCUT2D eigenvalue weighted by Crippen LogP contribution is -2.49. The molecule has 1 aliphatic carbocycles. The Morgan fingerprint density at radius 2 is 1.91 bits per heavy atom. The van der Waals surface area contributed by atoms with Crippen molar-refractivity contribution in [3.05, 3.63) is 11.8 Å². The van der Waals surface area contributed by atoms with Crippen molar-refractivity contribution in [3.8, 4) is 5.88 Å². The first kappa shape index (κ1) is 24.7. The van der Waals surface area contributed by atoms with E-state index in [1.54, 1.807) is 0 Å². The molecule has 15 heteroatoms. The molecule has 1 aliphatic heterocycles. The first-order chi connectivity index (χ1) is 14.6. The fraction of sp³-hybridized carbons (Fsp3) is 0.765. The van der Waals surface area contributed by atoms with Gasteiger partial charge in [0.15, 0.2) is 0 Å². The highest BCUT2D eigenvalue weighted by molar-refractivity contribution is 7.88. The molecule has 0 unspecified atom stereocenters. The molecular formula is C17H21F7N4O3S. The Kier molecular flexibility index (Phi) is 6.54. The minimum absolute atomic E-state index is 0.0218. The van der Waals surface area contributed by atoms with Crippen molar-refractivity contribution in [3.63, 3.8) is 0 Å². The van der Waals surface area contributed by atoms with Crippen LogP contribution in [0.4, 0.5) is 36.7 Å². The molecular weight excluding hydrogens is 473 g/mol. The zero-order valence-electron chi connectivity index (χ0n) is 16.8. The van der Waals surface area contributed by atoms with Gasteiger partial charge in [-0.25, -0.2) is 17.8 Å². The highest BCUT2D eigenvalue weighted by Crippen LogP contribution is 2.53. The summed E-state index contributed by atoms with van der Waals surface area (Å²) < 4.78 is 123. The summed E-state index contributed by atoms with van der Waals surface area (Å²) in [7, 11) is -3.62. The van der Waals surface area contributed by atoms with Crippen LogP contribution in [0.25, 0.3) is 0 Å². The average molecular weight is 494 g/mol. The Hall–Kier alpha value is -1.90. The smallest absolute Gasteiger partial charge is 0.423 e. The lowest BCUT2D eigenvalue weighted by Gasteiger charge is -2.42. The summed E-state index contributed by atoms with van der Waals surface area (Å²) in [5.41, 5.74) is -3.69. The molecule has 1 saturated carbocycles. The van der Waals surface area contributed by atoms with Crippen LogP contribution in [0.15, 0.2) is 6.20 Å². The number of alkyl halides is 7. The number of hydrogen-bond donors (Lipinski definition) is 1. The molecule has 2 fully saturated rings. The zero-order valence-corrected chi connectivity index (χ0v) is 17.6. The van der Waals surface area contributed by atoms with Gasteiger partial charge < -0.3 is 10.1 Å². The van der Waals surface area contributed by atoms with Gasteiger partial charge >= 0.3 is 12.4 Å². The largest absolute Gasteiger partial charge is 0.476 e. The van der Waals surface area contributed by atoms with Crippen LogP contribution in [-0.4, -0.2) is 67.0 Å². The maximum absolute atomic E-state index is 14.4. The van der Waals surface area contributed by atoms with Gasteiger partial charge in [0.1, 0.15) is 23.8 Å². The predicted octanol–water partition coefficient (Wildman–Crippen LogP) is 3.39. The Bertz CT molecular complexity index is 935. The van der Waals surface area contributed by atoms with Gasteiger partial charge in [-0.1, -0.05) is 6.42 Å². The first-order valence-electron chi connectivity index (χ1n) is 9.62. The van der Waals surface area contributed by atoms with Crippen molar-refractivity contribution >= 4 is 16.0 Å². The molecule has 182 valence electrons. The van der Waals surface area contributed by atoms with E-state index in [1.165, 1.54) is 0 Å². The molecule has 0 bridgehead atoms. The number of rotatable bonds is 6. The minimum atomic E-state index is -4.98. The van der Waals surface area contributed by atoms with E-state index in [0.29, 0.717) is 6.20 Å². The van der Waals surface area contributed by atoms with E-state index >= 15 is 0 Å². The number of halogens is 7. The van der Waals surface area contributed by atoms with Crippen LogP contribution in [0.2, 0.25) is 0 Å². The summed E-state index contributed by atoms with van der Waals surface area (Å²) >= 11 is 0. The van der Waals surface area contributed by atoms with Gasteiger partial charge in [-0.15, -0.1) is 0 Å². The second-order valence-electron chi connectivity index (χ2n) is 8.01. The van der Waals surface area contributed by atoms with Crippen LogP contribution < -0.4 is 10.1 Å². The molecule has 0 radical (unpaired) electrons. The molecule has 32 heavy (non-hydrogen) atoms. The van der Waals surface area contributed by atoms with E-state index in [9.17, 15) is 39.2 Å². The highest BCUT2D eigenvalue weighted by Gasteiger charge is 2.59. The molecule has 0 aromatic carbocycles. The maximum Gasteiger partial charge on any atom is 0.423 e. The third-order valence-electron chi connectivity index (χ3n) is 5.74. The van der Waals surface area contributed by atoms with Crippen LogP contribution in [0, 0.1) is 5.41 Å². The van der Waals surface area contributed by atoms with Gasteiger partial charge in [-0.2, -0.15) is 35.6 Å². The van der Waals surface area contributed by atoms with E-state index in [1.807, 2.05) is 0 Å². The zero-order chi connectivity index (χ0) is 23.9. The molecule has 7 nitrogen and oxygen atoms in total. The summed E-state index contributed by atoms with van der Waals surface area (Å²) in [6.07, 6.45) is -10.3. The van der Waals surface area contributed by atoms with Crippen LogP contribution >= 0.6 is 0 Å². The van der Waals surface area contributed by atoms with Crippen LogP contribution in [0.1, 0.15) is 31.2 Å². The molecule has 1 saturated heterocycles. The second kappa shape index (κ2) is 8.47. The number of ether oxygens (including phenoxy) is 1. The van der Waals surface area contributed by atoms with Gasteiger partial charge in [-0.05, 0) is 19.3 Å². The van der Waals surface area contributed by atoms with Crippen molar-refractivity contribution in [2.24, 2.45) is 5.41 Å². The van der Waals surface area contributed by atoms with Crippen molar-refractivity contribution in [2.75, 3.05) is 31.3 Å². The molecule has 2 heterocycles. The number of sulfonamides is 1. The lowest BCUT2D eigenvalue weighted by molar-refractivity contribution is -0.259. The van der Waals surface area contributed by atoms with Crippen molar-refractivity contribution < 1.29 is 43.9 Å². The van der Waals surface area contributed by atoms with Crippen molar-refractivity contribution in [2.45, 2.75) is 50.2 Å². The summed E-state index contributed by atoms with van der Waals surface area (Å²) in [6, 6.07) is -1.01. The van der Waals surface area contributed by atoms with Gasteiger partial charge in [-0.3, -0.25) is 0 Å². The van der Waals surface area contributed by atoms with Crippen molar-refractivity contribution in [1.82, 2.24) is 14.3 Å². The normalized spacial score (nSPS) is 24.6. The summed E-state index contributed by atoms with van der Waals surface area (Å²) in [5, 5.41) is 2.49. The Balaban J connectivity index is 1.77.